The molecule has 1 aromatic carbocycles. The van der Waals surface area contributed by atoms with Crippen LogP contribution in [0, 0.1) is 11.6 Å². The van der Waals surface area contributed by atoms with Gasteiger partial charge < -0.3 is 10.6 Å². The molecule has 0 unspecified atom stereocenters. The van der Waals surface area contributed by atoms with Crippen molar-refractivity contribution in [3.8, 4) is 0 Å². The summed E-state index contributed by atoms with van der Waals surface area (Å²) >= 11 is 1.42. The highest BCUT2D eigenvalue weighted by atomic mass is 32.1. The lowest BCUT2D eigenvalue weighted by atomic mass is 10.1. The molecule has 4 rings (SSSR count). The number of hydrogen-bond acceptors (Lipinski definition) is 5. The number of rotatable bonds is 5. The van der Waals surface area contributed by atoms with Crippen LogP contribution in [-0.4, -0.2) is 31.0 Å². The Morgan fingerprint density at radius 2 is 2.03 bits per heavy atom. The van der Waals surface area contributed by atoms with Crippen molar-refractivity contribution in [2.75, 3.05) is 10.6 Å². The second kappa shape index (κ2) is 7.43. The molecule has 148 valence electrons. The number of nitrogens with one attached hydrogen (secondary N) is 2. The summed E-state index contributed by atoms with van der Waals surface area (Å²) in [6, 6.07) is 3.04. The van der Waals surface area contributed by atoms with Gasteiger partial charge in [-0.2, -0.15) is 5.10 Å². The molecule has 3 heterocycles. The van der Waals surface area contributed by atoms with Gasteiger partial charge in [-0.3, -0.25) is 18.7 Å². The van der Waals surface area contributed by atoms with Crippen LogP contribution in [0.25, 0.3) is 4.96 Å². The summed E-state index contributed by atoms with van der Waals surface area (Å²) in [5.41, 5.74) is -0.205. The normalized spacial score (nSPS) is 11.0. The Labute approximate surface area is 166 Å². The van der Waals surface area contributed by atoms with Crippen LogP contribution in [0.5, 0.6) is 0 Å². The fourth-order valence-electron chi connectivity index (χ4n) is 2.72. The SMILES string of the molecule is Cn1nccc1NC(=O)c1cc(NC(=O)Cc2cn3ccsc3n2)c(F)cc1F. The van der Waals surface area contributed by atoms with Gasteiger partial charge in [-0.1, -0.05) is 0 Å². The van der Waals surface area contributed by atoms with Gasteiger partial charge in [-0.05, 0) is 6.07 Å². The summed E-state index contributed by atoms with van der Waals surface area (Å²) < 4.78 is 31.4. The molecular formula is C18H14F2N6O2S. The van der Waals surface area contributed by atoms with E-state index in [0.717, 1.165) is 11.0 Å². The number of fused-ring (bicyclic) bond motifs is 1. The number of anilines is 2. The van der Waals surface area contributed by atoms with E-state index in [1.807, 2.05) is 5.38 Å². The predicted octanol–water partition coefficient (Wildman–Crippen LogP) is 2.84. The highest BCUT2D eigenvalue weighted by molar-refractivity contribution is 7.15. The Bertz CT molecular complexity index is 1200. The van der Waals surface area contributed by atoms with Crippen LogP contribution in [0.4, 0.5) is 20.3 Å². The van der Waals surface area contributed by atoms with E-state index in [9.17, 15) is 18.4 Å². The molecule has 0 aliphatic carbocycles. The highest BCUT2D eigenvalue weighted by Crippen LogP contribution is 2.21. The van der Waals surface area contributed by atoms with Crippen LogP contribution in [0.15, 0.2) is 42.2 Å². The van der Waals surface area contributed by atoms with E-state index in [4.69, 9.17) is 0 Å². The number of thiazole rings is 1. The van der Waals surface area contributed by atoms with Crippen LogP contribution in [-0.2, 0) is 18.3 Å². The molecule has 0 bridgehead atoms. The summed E-state index contributed by atoms with van der Waals surface area (Å²) in [5.74, 6) is -3.03. The van der Waals surface area contributed by atoms with E-state index in [-0.39, 0.29) is 12.1 Å². The van der Waals surface area contributed by atoms with Crippen LogP contribution in [0.2, 0.25) is 0 Å². The monoisotopic (exact) mass is 416 g/mol. The van der Waals surface area contributed by atoms with Crippen LogP contribution >= 0.6 is 11.3 Å². The minimum atomic E-state index is -1.05. The van der Waals surface area contributed by atoms with Crippen LogP contribution in [0.3, 0.4) is 0 Å². The van der Waals surface area contributed by atoms with E-state index >= 15 is 0 Å². The fraction of sp³-hybridized carbons (Fsp3) is 0.111. The minimum absolute atomic E-state index is 0.0955. The van der Waals surface area contributed by atoms with Gasteiger partial charge in [0.1, 0.15) is 17.5 Å². The Balaban J connectivity index is 1.51. The molecule has 2 amide bonds. The summed E-state index contributed by atoms with van der Waals surface area (Å²) in [7, 11) is 1.60. The Morgan fingerprint density at radius 3 is 2.76 bits per heavy atom. The van der Waals surface area contributed by atoms with E-state index in [0.29, 0.717) is 17.6 Å². The highest BCUT2D eigenvalue weighted by Gasteiger charge is 2.19. The first-order valence-electron chi connectivity index (χ1n) is 8.40. The molecular weight excluding hydrogens is 402 g/mol. The average molecular weight is 416 g/mol. The second-order valence-corrected chi connectivity index (χ2v) is 7.03. The van der Waals surface area contributed by atoms with E-state index in [1.54, 1.807) is 23.8 Å². The van der Waals surface area contributed by atoms with Gasteiger partial charge in [-0.15, -0.1) is 11.3 Å². The number of carbonyl (C=O) groups is 2. The maximum Gasteiger partial charge on any atom is 0.259 e. The Hall–Kier alpha value is -3.60. The molecule has 0 fully saturated rings. The molecule has 29 heavy (non-hydrogen) atoms. The molecule has 0 aliphatic rings. The van der Waals surface area contributed by atoms with E-state index in [1.165, 1.54) is 28.3 Å². The third kappa shape index (κ3) is 3.85. The molecule has 0 aliphatic heterocycles. The van der Waals surface area contributed by atoms with Crippen molar-refractivity contribution in [3.05, 3.63) is 65.1 Å². The van der Waals surface area contributed by atoms with Gasteiger partial charge >= 0.3 is 0 Å². The molecule has 2 N–H and O–H groups in total. The van der Waals surface area contributed by atoms with E-state index in [2.05, 4.69) is 20.7 Å². The Kier molecular flexibility index (Phi) is 4.80. The van der Waals surface area contributed by atoms with Crippen molar-refractivity contribution < 1.29 is 18.4 Å². The van der Waals surface area contributed by atoms with Crippen molar-refractivity contribution in [1.82, 2.24) is 19.2 Å². The van der Waals surface area contributed by atoms with Gasteiger partial charge in [0, 0.05) is 37.0 Å². The van der Waals surface area contributed by atoms with Crippen molar-refractivity contribution in [1.29, 1.82) is 0 Å². The largest absolute Gasteiger partial charge is 0.323 e. The van der Waals surface area contributed by atoms with Gasteiger partial charge in [0.15, 0.2) is 4.96 Å². The zero-order valence-corrected chi connectivity index (χ0v) is 15.8. The van der Waals surface area contributed by atoms with Gasteiger partial charge in [0.25, 0.3) is 5.91 Å². The second-order valence-electron chi connectivity index (χ2n) is 6.16. The molecule has 0 spiro atoms. The third-order valence-electron chi connectivity index (χ3n) is 4.12. The lowest BCUT2D eigenvalue weighted by Gasteiger charge is -2.10. The van der Waals surface area contributed by atoms with Crippen molar-refractivity contribution in [2.45, 2.75) is 6.42 Å². The molecule has 3 aromatic heterocycles. The first-order valence-corrected chi connectivity index (χ1v) is 9.28. The number of aryl methyl sites for hydroxylation is 1. The quantitative estimate of drug-likeness (QED) is 0.523. The minimum Gasteiger partial charge on any atom is -0.323 e. The molecule has 0 atom stereocenters. The molecule has 11 heteroatoms. The molecule has 0 saturated carbocycles. The zero-order valence-electron chi connectivity index (χ0n) is 15.0. The number of hydrogen-bond donors (Lipinski definition) is 2. The topological polar surface area (TPSA) is 93.3 Å². The van der Waals surface area contributed by atoms with Gasteiger partial charge in [-0.25, -0.2) is 13.8 Å². The van der Waals surface area contributed by atoms with Crippen molar-refractivity contribution in [3.63, 3.8) is 0 Å². The van der Waals surface area contributed by atoms with Crippen molar-refractivity contribution in [2.24, 2.45) is 7.05 Å². The van der Waals surface area contributed by atoms with E-state index < -0.39 is 29.0 Å². The summed E-state index contributed by atoms with van der Waals surface area (Å²) in [6.45, 7) is 0. The lowest BCUT2D eigenvalue weighted by molar-refractivity contribution is -0.115. The van der Waals surface area contributed by atoms with Crippen LogP contribution in [0.1, 0.15) is 16.1 Å². The maximum absolute atomic E-state index is 14.1. The number of halogens is 2. The number of carbonyl (C=O) groups excluding carboxylic acids is 2. The molecule has 0 radical (unpaired) electrons. The molecule has 8 nitrogen and oxygen atoms in total. The average Bonchev–Trinajstić information content (AvgIpc) is 3.34. The maximum atomic E-state index is 14.1. The predicted molar refractivity (Wildman–Crippen MR) is 103 cm³/mol. The smallest absolute Gasteiger partial charge is 0.259 e. The zero-order chi connectivity index (χ0) is 20.5. The number of imidazole rings is 1. The number of aromatic nitrogens is 4. The number of benzene rings is 1. The first-order chi connectivity index (χ1) is 13.9. The third-order valence-corrected chi connectivity index (χ3v) is 4.89. The van der Waals surface area contributed by atoms with Crippen molar-refractivity contribution >= 4 is 39.6 Å². The van der Waals surface area contributed by atoms with Crippen LogP contribution < -0.4 is 10.6 Å². The number of nitrogens with zero attached hydrogens (tertiary/aromatic N) is 4. The van der Waals surface area contributed by atoms with Gasteiger partial charge in [0.2, 0.25) is 5.91 Å². The fourth-order valence-corrected chi connectivity index (χ4v) is 3.44. The molecule has 4 aromatic rings. The summed E-state index contributed by atoms with van der Waals surface area (Å²) in [6.07, 6.45) is 4.87. The molecule has 0 saturated heterocycles. The Morgan fingerprint density at radius 1 is 1.21 bits per heavy atom. The first kappa shape index (κ1) is 18.7. The summed E-state index contributed by atoms with van der Waals surface area (Å²) in [4.78, 5) is 29.6. The number of amides is 2. The lowest BCUT2D eigenvalue weighted by Crippen LogP contribution is -2.19. The van der Waals surface area contributed by atoms with Gasteiger partial charge in [0.05, 0.1) is 29.6 Å². The summed E-state index contributed by atoms with van der Waals surface area (Å²) in [5, 5.41) is 10.6. The standard InChI is InChI=1S/C18H14F2N6O2S/c1-25-15(2-3-21-25)24-17(28)11-7-14(13(20)8-12(11)19)23-16(27)6-10-9-26-4-5-29-18(26)22-10/h2-5,7-9H,6H2,1H3,(H,23,27)(H,24,28).